The normalized spacial score (nSPS) is 10.4. The van der Waals surface area contributed by atoms with Gasteiger partial charge < -0.3 is 10.2 Å². The Kier molecular flexibility index (Phi) is 5.80. The number of carbonyl (C=O) groups is 1. The molecule has 3 heteroatoms. The Hall–Kier alpha value is -2.29. The zero-order valence-electron chi connectivity index (χ0n) is 14.5. The fourth-order valence-electron chi connectivity index (χ4n) is 2.75. The van der Waals surface area contributed by atoms with E-state index in [1.165, 1.54) is 16.7 Å². The minimum absolute atomic E-state index is 0.148. The molecule has 23 heavy (non-hydrogen) atoms. The topological polar surface area (TPSA) is 32.3 Å². The van der Waals surface area contributed by atoms with Crippen LogP contribution in [0.2, 0.25) is 0 Å². The third-order valence-electron chi connectivity index (χ3n) is 3.97. The summed E-state index contributed by atoms with van der Waals surface area (Å²) >= 11 is 0. The van der Waals surface area contributed by atoms with Gasteiger partial charge in [-0.2, -0.15) is 0 Å². The van der Waals surface area contributed by atoms with Gasteiger partial charge in [-0.3, -0.25) is 4.79 Å². The van der Waals surface area contributed by atoms with Crippen LogP contribution in [0.25, 0.3) is 0 Å². The van der Waals surface area contributed by atoms with Crippen LogP contribution in [0.1, 0.15) is 30.0 Å². The van der Waals surface area contributed by atoms with E-state index >= 15 is 0 Å². The maximum absolute atomic E-state index is 12.5. The van der Waals surface area contributed by atoms with Gasteiger partial charge in [0.05, 0.1) is 0 Å². The molecule has 122 valence electrons. The van der Waals surface area contributed by atoms with E-state index in [1.807, 2.05) is 36.9 Å². The molecule has 0 aromatic heterocycles. The lowest BCUT2D eigenvalue weighted by atomic mass is 10.1. The van der Waals surface area contributed by atoms with Crippen LogP contribution >= 0.6 is 0 Å². The van der Waals surface area contributed by atoms with Gasteiger partial charge in [0.25, 0.3) is 0 Å². The summed E-state index contributed by atoms with van der Waals surface area (Å²) in [6.07, 6.45) is 0.481. The molecule has 0 aliphatic rings. The van der Waals surface area contributed by atoms with E-state index in [0.717, 1.165) is 11.4 Å². The van der Waals surface area contributed by atoms with Crippen molar-refractivity contribution in [2.24, 2.45) is 0 Å². The molecule has 0 saturated heterocycles. The van der Waals surface area contributed by atoms with Crippen molar-refractivity contribution < 1.29 is 4.79 Å². The van der Waals surface area contributed by atoms with Crippen LogP contribution in [0.3, 0.4) is 0 Å². The Morgan fingerprint density at radius 2 is 1.78 bits per heavy atom. The minimum atomic E-state index is 0.148. The number of aryl methyl sites for hydroxylation is 3. The van der Waals surface area contributed by atoms with Crippen LogP contribution in [-0.4, -0.2) is 19.0 Å². The van der Waals surface area contributed by atoms with Crippen molar-refractivity contribution >= 4 is 17.3 Å². The average molecular weight is 310 g/mol. The highest BCUT2D eigenvalue weighted by Crippen LogP contribution is 2.18. The van der Waals surface area contributed by atoms with Crippen molar-refractivity contribution in [3.63, 3.8) is 0 Å². The Bertz CT molecular complexity index is 679. The predicted molar refractivity (Wildman–Crippen MR) is 98.2 cm³/mol. The standard InChI is InChI=1S/C20H26N2O/c1-5-22(18-8-6-7-15(2)14-18)20(23)11-12-21-19-10-9-16(3)13-17(19)4/h6-10,13-14,21H,5,11-12H2,1-4H3. The highest BCUT2D eigenvalue weighted by Gasteiger charge is 2.13. The molecule has 0 fully saturated rings. The van der Waals surface area contributed by atoms with Gasteiger partial charge in [-0.05, 0) is 57.0 Å². The third kappa shape index (κ3) is 4.59. The van der Waals surface area contributed by atoms with E-state index in [4.69, 9.17) is 0 Å². The number of anilines is 2. The second-order valence-electron chi connectivity index (χ2n) is 5.97. The van der Waals surface area contributed by atoms with Crippen LogP contribution in [0.4, 0.5) is 11.4 Å². The summed E-state index contributed by atoms with van der Waals surface area (Å²) in [7, 11) is 0. The first-order chi connectivity index (χ1) is 11.0. The molecule has 0 radical (unpaired) electrons. The first-order valence-corrected chi connectivity index (χ1v) is 8.19. The lowest BCUT2D eigenvalue weighted by Gasteiger charge is -2.22. The third-order valence-corrected chi connectivity index (χ3v) is 3.97. The molecule has 0 atom stereocenters. The van der Waals surface area contributed by atoms with E-state index in [9.17, 15) is 4.79 Å². The first kappa shape index (κ1) is 17.1. The Labute approximate surface area is 139 Å². The fourth-order valence-corrected chi connectivity index (χ4v) is 2.75. The zero-order chi connectivity index (χ0) is 16.8. The second kappa shape index (κ2) is 7.82. The molecule has 1 N–H and O–H groups in total. The maximum Gasteiger partial charge on any atom is 0.228 e. The quantitative estimate of drug-likeness (QED) is 0.854. The largest absolute Gasteiger partial charge is 0.384 e. The van der Waals surface area contributed by atoms with Gasteiger partial charge in [-0.15, -0.1) is 0 Å². The first-order valence-electron chi connectivity index (χ1n) is 8.19. The van der Waals surface area contributed by atoms with Crippen LogP contribution in [0.5, 0.6) is 0 Å². The molecule has 2 aromatic carbocycles. The van der Waals surface area contributed by atoms with E-state index in [2.05, 4.69) is 43.4 Å². The van der Waals surface area contributed by atoms with Gasteiger partial charge >= 0.3 is 0 Å². The molecule has 0 bridgehead atoms. The molecular formula is C20H26N2O. The molecule has 0 unspecified atom stereocenters. The number of amides is 1. The summed E-state index contributed by atoms with van der Waals surface area (Å²) in [6, 6.07) is 14.4. The number of rotatable bonds is 6. The Morgan fingerprint density at radius 1 is 1.04 bits per heavy atom. The second-order valence-corrected chi connectivity index (χ2v) is 5.97. The SMILES string of the molecule is CCN(C(=O)CCNc1ccc(C)cc1C)c1cccc(C)c1. The highest BCUT2D eigenvalue weighted by atomic mass is 16.2. The van der Waals surface area contributed by atoms with Crippen LogP contribution in [0, 0.1) is 20.8 Å². The van der Waals surface area contributed by atoms with E-state index < -0.39 is 0 Å². The van der Waals surface area contributed by atoms with E-state index in [0.29, 0.717) is 19.5 Å². The number of nitrogens with one attached hydrogen (secondary N) is 1. The Balaban J connectivity index is 1.95. The minimum Gasteiger partial charge on any atom is -0.384 e. The smallest absolute Gasteiger partial charge is 0.228 e. The van der Waals surface area contributed by atoms with Gasteiger partial charge in [-0.1, -0.05) is 29.8 Å². The van der Waals surface area contributed by atoms with Crippen molar-refractivity contribution in [1.82, 2.24) is 0 Å². The van der Waals surface area contributed by atoms with Gasteiger partial charge in [0.2, 0.25) is 5.91 Å². The molecule has 1 amide bonds. The van der Waals surface area contributed by atoms with E-state index in [-0.39, 0.29) is 5.91 Å². The Morgan fingerprint density at radius 3 is 2.43 bits per heavy atom. The molecule has 0 aliphatic heterocycles. The van der Waals surface area contributed by atoms with Gasteiger partial charge in [0.1, 0.15) is 0 Å². The molecule has 3 nitrogen and oxygen atoms in total. The van der Waals surface area contributed by atoms with Crippen molar-refractivity contribution in [2.45, 2.75) is 34.1 Å². The summed E-state index contributed by atoms with van der Waals surface area (Å²) in [4.78, 5) is 14.3. The van der Waals surface area contributed by atoms with Gasteiger partial charge in [-0.25, -0.2) is 0 Å². The maximum atomic E-state index is 12.5. The molecular weight excluding hydrogens is 284 g/mol. The number of hydrogen-bond donors (Lipinski definition) is 1. The number of carbonyl (C=O) groups excluding carboxylic acids is 1. The zero-order valence-corrected chi connectivity index (χ0v) is 14.5. The van der Waals surface area contributed by atoms with E-state index in [1.54, 1.807) is 0 Å². The number of nitrogens with zero attached hydrogens (tertiary/aromatic N) is 1. The molecule has 0 spiro atoms. The predicted octanol–water partition coefficient (Wildman–Crippen LogP) is 4.47. The van der Waals surface area contributed by atoms with Crippen LogP contribution < -0.4 is 10.2 Å². The number of benzene rings is 2. The monoisotopic (exact) mass is 310 g/mol. The van der Waals surface area contributed by atoms with Gasteiger partial charge in [0.15, 0.2) is 0 Å². The summed E-state index contributed by atoms with van der Waals surface area (Å²) in [5.41, 5.74) is 5.71. The van der Waals surface area contributed by atoms with Crippen LogP contribution in [0.15, 0.2) is 42.5 Å². The van der Waals surface area contributed by atoms with Crippen molar-refractivity contribution in [3.05, 3.63) is 59.2 Å². The summed E-state index contributed by atoms with van der Waals surface area (Å²) in [5.74, 6) is 0.148. The fraction of sp³-hybridized carbons (Fsp3) is 0.350. The van der Waals surface area contributed by atoms with Crippen molar-refractivity contribution in [1.29, 1.82) is 0 Å². The molecule has 0 saturated carbocycles. The molecule has 2 aromatic rings. The highest BCUT2D eigenvalue weighted by molar-refractivity contribution is 5.93. The molecule has 0 aliphatic carbocycles. The molecule has 0 heterocycles. The molecule has 2 rings (SSSR count). The van der Waals surface area contributed by atoms with Crippen molar-refractivity contribution in [2.75, 3.05) is 23.3 Å². The number of hydrogen-bond acceptors (Lipinski definition) is 2. The summed E-state index contributed by atoms with van der Waals surface area (Å²) in [5, 5.41) is 3.37. The average Bonchev–Trinajstić information content (AvgIpc) is 2.50. The van der Waals surface area contributed by atoms with Crippen molar-refractivity contribution in [3.8, 4) is 0 Å². The lowest BCUT2D eigenvalue weighted by Crippen LogP contribution is -2.31. The summed E-state index contributed by atoms with van der Waals surface area (Å²) in [6.45, 7) is 9.56. The van der Waals surface area contributed by atoms with Gasteiger partial charge in [0, 0.05) is 30.9 Å². The summed E-state index contributed by atoms with van der Waals surface area (Å²) < 4.78 is 0. The van der Waals surface area contributed by atoms with Crippen LogP contribution in [-0.2, 0) is 4.79 Å². The lowest BCUT2D eigenvalue weighted by molar-refractivity contribution is -0.118.